The highest BCUT2D eigenvalue weighted by molar-refractivity contribution is 9.10. The van der Waals surface area contributed by atoms with Crippen molar-refractivity contribution in [2.24, 2.45) is 11.8 Å². The Kier molecular flexibility index (Phi) is 3.83. The van der Waals surface area contributed by atoms with Crippen LogP contribution in [0, 0.1) is 17.7 Å². The zero-order chi connectivity index (χ0) is 14.5. The summed E-state index contributed by atoms with van der Waals surface area (Å²) in [4.78, 5) is -0.348. The maximum atomic E-state index is 14.0. The SMILES string of the molecule is O=S(=O)(c1cc(Cl)c(Br)cc1F)N1C[C@H]2CNC[C@H]2C1. The average Bonchev–Trinajstić information content (AvgIpc) is 2.94. The van der Waals surface area contributed by atoms with Crippen molar-refractivity contribution >= 4 is 37.6 Å². The second-order valence-electron chi connectivity index (χ2n) is 5.20. The van der Waals surface area contributed by atoms with Crippen LogP contribution < -0.4 is 5.32 Å². The molecule has 0 radical (unpaired) electrons. The zero-order valence-electron chi connectivity index (χ0n) is 10.4. The van der Waals surface area contributed by atoms with Gasteiger partial charge in [-0.3, -0.25) is 0 Å². The van der Waals surface area contributed by atoms with Crippen LogP contribution in [0.2, 0.25) is 5.02 Å². The molecule has 2 aliphatic rings. The lowest BCUT2D eigenvalue weighted by Crippen LogP contribution is -2.32. The third-order valence-corrected chi connectivity index (χ3v) is 6.99. The van der Waals surface area contributed by atoms with Gasteiger partial charge in [-0.2, -0.15) is 4.31 Å². The van der Waals surface area contributed by atoms with Gasteiger partial charge in [-0.15, -0.1) is 0 Å². The zero-order valence-corrected chi connectivity index (χ0v) is 13.6. The minimum absolute atomic E-state index is 0.186. The van der Waals surface area contributed by atoms with Crippen molar-refractivity contribution in [2.45, 2.75) is 4.90 Å². The first-order valence-corrected chi connectivity index (χ1v) is 8.86. The molecule has 1 aromatic carbocycles. The van der Waals surface area contributed by atoms with Gasteiger partial charge >= 0.3 is 0 Å². The van der Waals surface area contributed by atoms with Gasteiger partial charge in [-0.25, -0.2) is 12.8 Å². The predicted molar refractivity (Wildman–Crippen MR) is 77.7 cm³/mol. The van der Waals surface area contributed by atoms with Crippen molar-refractivity contribution in [3.05, 3.63) is 27.4 Å². The van der Waals surface area contributed by atoms with Crippen LogP contribution in [0.4, 0.5) is 4.39 Å². The lowest BCUT2D eigenvalue weighted by atomic mass is 10.0. The number of hydrogen-bond donors (Lipinski definition) is 1. The third-order valence-electron chi connectivity index (χ3n) is 3.95. The van der Waals surface area contributed by atoms with Crippen LogP contribution in [-0.4, -0.2) is 38.9 Å². The first-order chi connectivity index (χ1) is 9.39. The Morgan fingerprint density at radius 3 is 2.50 bits per heavy atom. The van der Waals surface area contributed by atoms with Crippen molar-refractivity contribution < 1.29 is 12.8 Å². The summed E-state index contributed by atoms with van der Waals surface area (Å²) in [6, 6.07) is 2.26. The molecule has 2 heterocycles. The Morgan fingerprint density at radius 2 is 1.90 bits per heavy atom. The topological polar surface area (TPSA) is 49.4 Å². The largest absolute Gasteiger partial charge is 0.316 e. The van der Waals surface area contributed by atoms with Gasteiger partial charge in [0.15, 0.2) is 0 Å². The highest BCUT2D eigenvalue weighted by Gasteiger charge is 2.42. The second kappa shape index (κ2) is 5.21. The summed E-state index contributed by atoms with van der Waals surface area (Å²) < 4.78 is 40.8. The van der Waals surface area contributed by atoms with Crippen molar-refractivity contribution in [3.63, 3.8) is 0 Å². The summed E-state index contributed by atoms with van der Waals surface area (Å²) in [7, 11) is -3.83. The molecule has 2 atom stereocenters. The van der Waals surface area contributed by atoms with Gasteiger partial charge < -0.3 is 5.32 Å². The lowest BCUT2D eigenvalue weighted by molar-refractivity contribution is 0.443. The Balaban J connectivity index is 1.95. The van der Waals surface area contributed by atoms with Crippen LogP contribution in [0.1, 0.15) is 0 Å². The van der Waals surface area contributed by atoms with E-state index in [2.05, 4.69) is 21.2 Å². The molecule has 0 saturated carbocycles. The highest BCUT2D eigenvalue weighted by Crippen LogP contribution is 2.34. The van der Waals surface area contributed by atoms with Crippen molar-refractivity contribution in [2.75, 3.05) is 26.2 Å². The van der Waals surface area contributed by atoms with E-state index >= 15 is 0 Å². The monoisotopic (exact) mass is 382 g/mol. The fourth-order valence-corrected chi connectivity index (χ4v) is 5.02. The first kappa shape index (κ1) is 14.7. The first-order valence-electron chi connectivity index (χ1n) is 6.25. The minimum Gasteiger partial charge on any atom is -0.316 e. The van der Waals surface area contributed by atoms with Gasteiger partial charge in [0, 0.05) is 17.6 Å². The predicted octanol–water partition coefficient (Wildman–Crippen LogP) is 2.08. The molecule has 1 N–H and O–H groups in total. The van der Waals surface area contributed by atoms with Crippen molar-refractivity contribution in [3.8, 4) is 0 Å². The lowest BCUT2D eigenvalue weighted by Gasteiger charge is -2.18. The average molecular weight is 384 g/mol. The van der Waals surface area contributed by atoms with Gasteiger partial charge in [0.1, 0.15) is 10.7 Å². The molecule has 20 heavy (non-hydrogen) atoms. The minimum atomic E-state index is -3.83. The quantitative estimate of drug-likeness (QED) is 0.796. The van der Waals surface area contributed by atoms with Crippen LogP contribution in [0.3, 0.4) is 0 Å². The number of halogens is 3. The second-order valence-corrected chi connectivity index (χ2v) is 8.37. The van der Waals surface area contributed by atoms with Crippen LogP contribution in [-0.2, 0) is 10.0 Å². The molecule has 2 fully saturated rings. The molecule has 0 aliphatic carbocycles. The smallest absolute Gasteiger partial charge is 0.246 e. The van der Waals surface area contributed by atoms with Crippen LogP contribution >= 0.6 is 27.5 Å². The number of fused-ring (bicyclic) bond motifs is 1. The highest BCUT2D eigenvalue weighted by atomic mass is 79.9. The van der Waals surface area contributed by atoms with Gasteiger partial charge in [0.05, 0.1) is 5.02 Å². The number of sulfonamides is 1. The van der Waals surface area contributed by atoms with E-state index in [-0.39, 0.29) is 9.92 Å². The van der Waals surface area contributed by atoms with Crippen LogP contribution in [0.25, 0.3) is 0 Å². The van der Waals surface area contributed by atoms with E-state index in [1.54, 1.807) is 0 Å². The molecule has 0 aromatic heterocycles. The number of benzene rings is 1. The van der Waals surface area contributed by atoms with E-state index in [1.807, 2.05) is 0 Å². The molecule has 1 aromatic rings. The summed E-state index contributed by atoms with van der Waals surface area (Å²) in [5, 5.41) is 3.43. The van der Waals surface area contributed by atoms with Crippen LogP contribution in [0.15, 0.2) is 21.5 Å². The molecule has 3 rings (SSSR count). The molecule has 0 spiro atoms. The molecular weight excluding hydrogens is 371 g/mol. The van der Waals surface area contributed by atoms with Gasteiger partial charge in [0.25, 0.3) is 0 Å². The maximum absolute atomic E-state index is 14.0. The summed E-state index contributed by atoms with van der Waals surface area (Å²) in [6.07, 6.45) is 0. The summed E-state index contributed by atoms with van der Waals surface area (Å²) in [5.41, 5.74) is 0. The molecule has 0 amide bonds. The molecule has 0 bridgehead atoms. The van der Waals surface area contributed by atoms with Crippen molar-refractivity contribution in [1.82, 2.24) is 9.62 Å². The normalized spacial score (nSPS) is 26.9. The fourth-order valence-electron chi connectivity index (χ4n) is 2.85. The summed E-state index contributed by atoms with van der Waals surface area (Å²) in [6.45, 7) is 2.51. The number of nitrogens with zero attached hydrogens (tertiary/aromatic N) is 1. The van der Waals surface area contributed by atoms with E-state index < -0.39 is 15.8 Å². The summed E-state index contributed by atoms with van der Waals surface area (Å²) in [5.74, 6) is -0.144. The van der Waals surface area contributed by atoms with Crippen LogP contribution in [0.5, 0.6) is 0 Å². The standard InChI is InChI=1S/C12H13BrClFN2O2S/c13-9-1-11(15)12(2-10(9)14)20(18,19)17-5-7-3-16-4-8(7)6-17/h1-2,7-8,16H,3-6H2/t7-,8+. The molecule has 8 heteroatoms. The number of rotatable bonds is 2. The molecule has 110 valence electrons. The summed E-state index contributed by atoms with van der Waals surface area (Å²) >= 11 is 8.97. The van der Waals surface area contributed by atoms with E-state index in [9.17, 15) is 12.8 Å². The van der Waals surface area contributed by atoms with Gasteiger partial charge in [0.2, 0.25) is 10.0 Å². The molecule has 2 saturated heterocycles. The molecule has 4 nitrogen and oxygen atoms in total. The molecular formula is C12H13BrClFN2O2S. The Hall–Kier alpha value is -0.210. The van der Waals surface area contributed by atoms with E-state index in [0.717, 1.165) is 19.2 Å². The number of nitrogens with one attached hydrogen (secondary N) is 1. The molecule has 0 unspecified atom stereocenters. The Bertz CT molecular complexity index is 643. The van der Waals surface area contributed by atoms with Gasteiger partial charge in [-0.1, -0.05) is 11.6 Å². The van der Waals surface area contributed by atoms with Gasteiger partial charge in [-0.05, 0) is 53.0 Å². The molecule has 2 aliphatic heterocycles. The number of hydrogen-bond acceptors (Lipinski definition) is 3. The van der Waals surface area contributed by atoms with E-state index in [1.165, 1.54) is 10.4 Å². The Morgan fingerprint density at radius 1 is 1.30 bits per heavy atom. The Labute approximate surface area is 130 Å². The van der Waals surface area contributed by atoms with E-state index in [4.69, 9.17) is 11.6 Å². The fraction of sp³-hybridized carbons (Fsp3) is 0.500. The maximum Gasteiger partial charge on any atom is 0.246 e. The van der Waals surface area contributed by atoms with Crippen molar-refractivity contribution in [1.29, 1.82) is 0 Å². The van der Waals surface area contributed by atoms with E-state index in [0.29, 0.717) is 29.4 Å². The third kappa shape index (κ3) is 2.39.